The van der Waals surface area contributed by atoms with E-state index in [0.29, 0.717) is 56.7 Å². The Hall–Kier alpha value is -7.00. The van der Waals surface area contributed by atoms with E-state index in [0.717, 1.165) is 37.1 Å². The van der Waals surface area contributed by atoms with Crippen molar-refractivity contribution in [1.82, 2.24) is 20.5 Å². The van der Waals surface area contributed by atoms with Gasteiger partial charge in [0.05, 0.1) is 56.0 Å². The van der Waals surface area contributed by atoms with Crippen molar-refractivity contribution in [3.8, 4) is 23.0 Å². The molecule has 3 atom stereocenters. The molecule has 0 bridgehead atoms. The average molecular weight is 1060 g/mol. The van der Waals surface area contributed by atoms with Gasteiger partial charge in [-0.15, -0.1) is 23.1 Å². The molecule has 8 rings (SSSR count). The predicted octanol–water partition coefficient (Wildman–Crippen LogP) is 5.69. The van der Waals surface area contributed by atoms with Crippen molar-refractivity contribution in [3.05, 3.63) is 146 Å². The van der Waals surface area contributed by atoms with Gasteiger partial charge in [-0.1, -0.05) is 71.4 Å². The molecule has 0 saturated carbocycles. The highest BCUT2D eigenvalue weighted by Crippen LogP contribution is 2.42. The van der Waals surface area contributed by atoms with Crippen LogP contribution >= 0.6 is 34.7 Å². The SMILES string of the molecule is [B]OC(=O)C1=C(C[N+]2(CCNC(=O)c3ccc(OCc4ccc(OC)cc4)c(OCc4ccc(OC)cc4)c3Cl)CCCC2)CS[C@@H]2[C@H](NC(=O)/C(=N\O[C@H](C(=O)O[B])c3ccccc3)c3csc(C)n3)C(=O)N12. The number of aromatic nitrogens is 1. The molecule has 3 aliphatic heterocycles. The normalized spacial score (nSPS) is 17.3. The van der Waals surface area contributed by atoms with Gasteiger partial charge in [0.1, 0.15) is 54.1 Å². The summed E-state index contributed by atoms with van der Waals surface area (Å²) in [5.74, 6) is -1.46. The van der Waals surface area contributed by atoms with Crippen molar-refractivity contribution in [3.63, 3.8) is 0 Å². The Balaban J connectivity index is 0.955. The standard InChI is InChI=1S/C51H49B2ClN6O12S2/c1-30-56-38(29-73-30)41(58-72-44(51(65)71-53)33-9-5-4-6-10-33)47(62)57-42-48(63)59-43(50(64)70-52)34(28-74-49(42)59)25-60(22-7-8-23-60)24-21-55-46(61)37-19-20-39(68-26-31-11-15-35(66-2)16-12-31)45(40(37)54)69-27-32-13-17-36(67-3)18-14-32/h4-6,9-20,29,42,44,49H,7-8,21-28H2,1-3H3,(H-,55,57,61,62)/p+1/b58-41-/t42-,44+,49-/m1/s1. The molecule has 5 aromatic rings. The van der Waals surface area contributed by atoms with Gasteiger partial charge in [-0.3, -0.25) is 19.3 Å². The molecule has 2 N–H and O–H groups in total. The third-order valence-electron chi connectivity index (χ3n) is 12.7. The number of amides is 3. The first-order valence-electron chi connectivity index (χ1n) is 23.3. The van der Waals surface area contributed by atoms with Crippen molar-refractivity contribution in [1.29, 1.82) is 0 Å². The third-order valence-corrected chi connectivity index (χ3v) is 15.2. The van der Waals surface area contributed by atoms with Gasteiger partial charge in [-0.05, 0) is 54.4 Å². The van der Waals surface area contributed by atoms with Gasteiger partial charge in [-0.2, -0.15) is 0 Å². The fourth-order valence-electron chi connectivity index (χ4n) is 8.87. The van der Waals surface area contributed by atoms with Crippen molar-refractivity contribution in [2.75, 3.05) is 52.7 Å². The largest absolute Gasteiger partial charge is 0.540 e. The topological polar surface area (TPSA) is 203 Å². The molecule has 3 amide bonds. The quantitative estimate of drug-likeness (QED) is 0.0281. The van der Waals surface area contributed by atoms with Gasteiger partial charge < -0.3 is 48.2 Å². The number of β-lactam (4-membered cyclic amide) rings is 1. The zero-order valence-corrected chi connectivity index (χ0v) is 43.0. The van der Waals surface area contributed by atoms with Gasteiger partial charge in [0.25, 0.3) is 17.7 Å². The highest BCUT2D eigenvalue weighted by atomic mass is 35.5. The Morgan fingerprint density at radius 1 is 0.892 bits per heavy atom. The number of thioether (sulfide) groups is 1. The lowest BCUT2D eigenvalue weighted by Crippen LogP contribution is -2.71. The molecule has 0 spiro atoms. The maximum absolute atomic E-state index is 14.0. The molecule has 380 valence electrons. The van der Waals surface area contributed by atoms with E-state index in [2.05, 4.69) is 25.4 Å². The van der Waals surface area contributed by atoms with Crippen LogP contribution in [0.15, 0.2) is 113 Å². The van der Waals surface area contributed by atoms with Crippen LogP contribution in [-0.2, 0) is 46.5 Å². The average Bonchev–Trinajstić information content (AvgIpc) is 4.08. The first-order chi connectivity index (χ1) is 35.8. The van der Waals surface area contributed by atoms with Crippen molar-refractivity contribution >= 4 is 86.2 Å². The minimum atomic E-state index is -1.43. The van der Waals surface area contributed by atoms with Gasteiger partial charge in [0.2, 0.25) is 6.10 Å². The second-order valence-corrected chi connectivity index (χ2v) is 19.9. The molecule has 4 radical (unpaired) electrons. The highest BCUT2D eigenvalue weighted by molar-refractivity contribution is 8.00. The van der Waals surface area contributed by atoms with E-state index in [9.17, 15) is 24.0 Å². The zero-order chi connectivity index (χ0) is 52.4. The number of quaternary nitrogens is 1. The van der Waals surface area contributed by atoms with Crippen LogP contribution in [0, 0.1) is 6.92 Å². The van der Waals surface area contributed by atoms with Crippen molar-refractivity contribution in [2.45, 2.75) is 50.5 Å². The smallest absolute Gasteiger partial charge is 0.378 e. The van der Waals surface area contributed by atoms with E-state index in [1.54, 1.807) is 69.0 Å². The summed E-state index contributed by atoms with van der Waals surface area (Å²) in [7, 11) is 13.9. The van der Waals surface area contributed by atoms with E-state index in [1.807, 2.05) is 48.5 Å². The molecule has 2 fully saturated rings. The minimum absolute atomic E-state index is 0.00165. The van der Waals surface area contributed by atoms with Crippen LogP contribution in [0.3, 0.4) is 0 Å². The Kier molecular flexibility index (Phi) is 17.5. The predicted molar refractivity (Wildman–Crippen MR) is 277 cm³/mol. The number of carbonyl (C=O) groups is 5. The fraction of sp³-hybridized carbons (Fsp3) is 0.314. The fourth-order valence-corrected chi connectivity index (χ4v) is 11.1. The summed E-state index contributed by atoms with van der Waals surface area (Å²) in [6, 6.07) is 25.2. The molecule has 1 aromatic heterocycles. The zero-order valence-electron chi connectivity index (χ0n) is 40.6. The lowest BCUT2D eigenvalue weighted by molar-refractivity contribution is -0.911. The van der Waals surface area contributed by atoms with Crippen LogP contribution < -0.4 is 29.6 Å². The number of ether oxygens (including phenoxy) is 4. The molecule has 3 aliphatic rings. The Morgan fingerprint density at radius 3 is 2.16 bits per heavy atom. The molecule has 0 aliphatic carbocycles. The van der Waals surface area contributed by atoms with Crippen LogP contribution in [0.25, 0.3) is 0 Å². The number of hydrogen-bond acceptors (Lipinski definition) is 16. The summed E-state index contributed by atoms with van der Waals surface area (Å²) in [4.78, 5) is 79.4. The second kappa shape index (κ2) is 24.4. The van der Waals surface area contributed by atoms with Crippen LogP contribution in [0.1, 0.15) is 56.7 Å². The molecule has 0 unspecified atom stereocenters. The van der Waals surface area contributed by atoms with E-state index in [4.69, 9.17) is 56.1 Å². The van der Waals surface area contributed by atoms with Crippen molar-refractivity contribution in [2.24, 2.45) is 5.16 Å². The van der Waals surface area contributed by atoms with Gasteiger partial charge >= 0.3 is 28.0 Å². The summed E-state index contributed by atoms with van der Waals surface area (Å²) >= 11 is 9.60. The number of thiazole rings is 1. The molecule has 2 saturated heterocycles. The number of carbonyl (C=O) groups excluding carboxylic acids is 5. The number of hydrogen-bond donors (Lipinski definition) is 2. The van der Waals surface area contributed by atoms with Gasteiger partial charge in [0, 0.05) is 35.1 Å². The number of halogens is 1. The Labute approximate surface area is 443 Å². The summed E-state index contributed by atoms with van der Waals surface area (Å²) in [6.07, 6.45) is 0.368. The third kappa shape index (κ3) is 12.2. The lowest BCUT2D eigenvalue weighted by Gasteiger charge is -2.50. The molecule has 74 heavy (non-hydrogen) atoms. The van der Waals surface area contributed by atoms with Crippen LogP contribution in [-0.4, -0.2) is 130 Å². The van der Waals surface area contributed by atoms with Gasteiger partial charge in [0.15, 0.2) is 17.2 Å². The summed E-state index contributed by atoms with van der Waals surface area (Å²) in [5, 5.41) is 11.4. The molecule has 18 nitrogen and oxygen atoms in total. The lowest BCUT2D eigenvalue weighted by atomic mass is 10.0. The maximum atomic E-state index is 14.0. The molecular formula is C51H50B2ClN6O12S2+. The van der Waals surface area contributed by atoms with E-state index in [1.165, 1.54) is 28.0 Å². The molecule has 23 heteroatoms. The molecule has 4 aromatic carbocycles. The summed E-state index contributed by atoms with van der Waals surface area (Å²) in [5.41, 5.74) is 2.71. The van der Waals surface area contributed by atoms with Crippen LogP contribution in [0.5, 0.6) is 23.0 Å². The summed E-state index contributed by atoms with van der Waals surface area (Å²) < 4.78 is 32.7. The van der Waals surface area contributed by atoms with Crippen LogP contribution in [0.2, 0.25) is 5.02 Å². The second-order valence-electron chi connectivity index (χ2n) is 17.4. The highest BCUT2D eigenvalue weighted by Gasteiger charge is 2.55. The minimum Gasteiger partial charge on any atom is -0.540 e. The number of rotatable bonds is 22. The Bertz CT molecular complexity index is 2920. The number of methoxy groups -OCH3 is 2. The summed E-state index contributed by atoms with van der Waals surface area (Å²) in [6.45, 7) is 4.63. The van der Waals surface area contributed by atoms with Crippen LogP contribution in [0.4, 0.5) is 0 Å². The van der Waals surface area contributed by atoms with E-state index < -0.39 is 47.2 Å². The van der Waals surface area contributed by atoms with E-state index in [-0.39, 0.29) is 53.2 Å². The molecule has 4 heterocycles. The first-order valence-corrected chi connectivity index (χ1v) is 25.6. The molecular weight excluding hydrogens is 1010 g/mol. The number of benzene rings is 4. The number of nitrogens with zero attached hydrogens (tertiary/aromatic N) is 4. The maximum Gasteiger partial charge on any atom is 0.378 e. The van der Waals surface area contributed by atoms with E-state index >= 15 is 0 Å². The number of likely N-dealkylation sites (tertiary alicyclic amines) is 1. The number of nitrogens with one attached hydrogen (secondary N) is 2. The first kappa shape index (κ1) is 53.3. The number of fused-ring (bicyclic) bond motifs is 1. The van der Waals surface area contributed by atoms with Crippen molar-refractivity contribution < 1.29 is 61.5 Å². The van der Waals surface area contributed by atoms with Gasteiger partial charge in [-0.25, -0.2) is 14.6 Å². The number of oxime groups is 1. The Morgan fingerprint density at radius 2 is 1.55 bits per heavy atom. The number of aryl methyl sites for hydroxylation is 1. The monoisotopic (exact) mass is 1060 g/mol.